The van der Waals surface area contributed by atoms with Gasteiger partial charge in [0.25, 0.3) is 0 Å². The van der Waals surface area contributed by atoms with E-state index >= 15 is 0 Å². The fraction of sp³-hybridized carbons (Fsp3) is 0.364. The molecule has 1 fully saturated rings. The highest BCUT2D eigenvalue weighted by molar-refractivity contribution is 5.70. The zero-order valence-electron chi connectivity index (χ0n) is 7.81. The Hall–Kier alpha value is -1.35. The molecule has 0 unspecified atom stereocenters. The molecular weight excluding hydrogens is 180 g/mol. The van der Waals surface area contributed by atoms with Crippen molar-refractivity contribution in [2.24, 2.45) is 0 Å². The van der Waals surface area contributed by atoms with Gasteiger partial charge in [-0.1, -0.05) is 30.3 Å². The van der Waals surface area contributed by atoms with Gasteiger partial charge in [-0.05, 0) is 5.56 Å². The standard InChI is InChI=1S/C11H12O3/c12-11(6-10-8-13-10)14-7-9-4-2-1-3-5-9/h1-5,10H,6-8H2/t10-/m0/s1. The summed E-state index contributed by atoms with van der Waals surface area (Å²) in [5.41, 5.74) is 1.01. The Morgan fingerprint density at radius 3 is 2.79 bits per heavy atom. The van der Waals surface area contributed by atoms with Gasteiger partial charge in [0.2, 0.25) is 0 Å². The molecule has 0 spiro atoms. The zero-order valence-corrected chi connectivity index (χ0v) is 7.81. The van der Waals surface area contributed by atoms with Crippen LogP contribution >= 0.6 is 0 Å². The van der Waals surface area contributed by atoms with Crippen LogP contribution < -0.4 is 0 Å². The third-order valence-corrected chi connectivity index (χ3v) is 2.04. The molecule has 1 saturated heterocycles. The van der Waals surface area contributed by atoms with Crippen LogP contribution in [0.5, 0.6) is 0 Å². The number of epoxide rings is 1. The van der Waals surface area contributed by atoms with Gasteiger partial charge in [-0.2, -0.15) is 0 Å². The highest BCUT2D eigenvalue weighted by Crippen LogP contribution is 2.14. The van der Waals surface area contributed by atoms with Crippen molar-refractivity contribution in [2.45, 2.75) is 19.1 Å². The minimum atomic E-state index is -0.184. The third-order valence-electron chi connectivity index (χ3n) is 2.04. The lowest BCUT2D eigenvalue weighted by atomic mass is 10.2. The third kappa shape index (κ3) is 2.85. The lowest BCUT2D eigenvalue weighted by molar-refractivity contribution is -0.145. The van der Waals surface area contributed by atoms with Crippen LogP contribution in [-0.4, -0.2) is 18.7 Å². The summed E-state index contributed by atoms with van der Waals surface area (Å²) < 4.78 is 9.99. The van der Waals surface area contributed by atoms with Gasteiger partial charge in [-0.3, -0.25) is 4.79 Å². The van der Waals surface area contributed by atoms with Crippen molar-refractivity contribution < 1.29 is 14.3 Å². The van der Waals surface area contributed by atoms with Crippen LogP contribution in [0.3, 0.4) is 0 Å². The van der Waals surface area contributed by atoms with Crippen molar-refractivity contribution in [3.63, 3.8) is 0 Å². The topological polar surface area (TPSA) is 38.8 Å². The maximum Gasteiger partial charge on any atom is 0.308 e. The normalized spacial score (nSPS) is 19.0. The van der Waals surface area contributed by atoms with Gasteiger partial charge in [-0.25, -0.2) is 0 Å². The van der Waals surface area contributed by atoms with Crippen molar-refractivity contribution in [3.8, 4) is 0 Å². The molecule has 1 aliphatic heterocycles. The predicted octanol–water partition coefficient (Wildman–Crippen LogP) is 1.52. The van der Waals surface area contributed by atoms with E-state index in [-0.39, 0.29) is 12.1 Å². The Kier molecular flexibility index (Phi) is 2.79. The SMILES string of the molecule is O=C(C[C@H]1CO1)OCc1ccccc1. The van der Waals surface area contributed by atoms with Crippen molar-refractivity contribution in [1.29, 1.82) is 0 Å². The summed E-state index contributed by atoms with van der Waals surface area (Å²) in [7, 11) is 0. The lowest BCUT2D eigenvalue weighted by Crippen LogP contribution is -2.07. The van der Waals surface area contributed by atoms with Gasteiger partial charge in [0.05, 0.1) is 19.1 Å². The van der Waals surface area contributed by atoms with E-state index in [1.165, 1.54) is 0 Å². The van der Waals surface area contributed by atoms with Gasteiger partial charge in [0.15, 0.2) is 0 Å². The van der Waals surface area contributed by atoms with Gasteiger partial charge >= 0.3 is 5.97 Å². The summed E-state index contributed by atoms with van der Waals surface area (Å²) in [4.78, 5) is 11.2. The van der Waals surface area contributed by atoms with E-state index in [0.29, 0.717) is 19.6 Å². The van der Waals surface area contributed by atoms with Crippen molar-refractivity contribution in [2.75, 3.05) is 6.61 Å². The highest BCUT2D eigenvalue weighted by Gasteiger charge is 2.26. The number of hydrogen-bond donors (Lipinski definition) is 0. The second-order valence-electron chi connectivity index (χ2n) is 3.31. The second-order valence-corrected chi connectivity index (χ2v) is 3.31. The summed E-state index contributed by atoms with van der Waals surface area (Å²) in [5, 5.41) is 0. The Balaban J connectivity index is 1.73. The molecule has 2 rings (SSSR count). The van der Waals surface area contributed by atoms with Crippen LogP contribution in [0.2, 0.25) is 0 Å². The fourth-order valence-electron chi connectivity index (χ4n) is 1.17. The van der Waals surface area contributed by atoms with Crippen LogP contribution in [-0.2, 0) is 20.9 Å². The lowest BCUT2D eigenvalue weighted by Gasteiger charge is -2.02. The molecule has 0 amide bonds. The van der Waals surface area contributed by atoms with E-state index < -0.39 is 0 Å². The molecule has 1 heterocycles. The minimum absolute atomic E-state index is 0.110. The average molecular weight is 192 g/mol. The molecule has 14 heavy (non-hydrogen) atoms. The van der Waals surface area contributed by atoms with E-state index in [9.17, 15) is 4.79 Å². The molecule has 3 heteroatoms. The number of rotatable bonds is 4. The fourth-order valence-corrected chi connectivity index (χ4v) is 1.17. The van der Waals surface area contributed by atoms with Crippen LogP contribution in [0.25, 0.3) is 0 Å². The Bertz CT molecular complexity index is 304. The van der Waals surface area contributed by atoms with Crippen molar-refractivity contribution >= 4 is 5.97 Å². The number of hydrogen-bond acceptors (Lipinski definition) is 3. The van der Waals surface area contributed by atoms with Crippen molar-refractivity contribution in [3.05, 3.63) is 35.9 Å². The number of benzene rings is 1. The summed E-state index contributed by atoms with van der Waals surface area (Å²) in [5.74, 6) is -0.184. The van der Waals surface area contributed by atoms with E-state index in [2.05, 4.69) is 0 Å². The number of ether oxygens (including phenoxy) is 2. The van der Waals surface area contributed by atoms with Gasteiger partial charge < -0.3 is 9.47 Å². The molecule has 3 nitrogen and oxygen atoms in total. The molecule has 0 radical (unpaired) electrons. The van der Waals surface area contributed by atoms with Crippen LogP contribution in [0.4, 0.5) is 0 Å². The smallest absolute Gasteiger partial charge is 0.308 e. The second kappa shape index (κ2) is 4.24. The Morgan fingerprint density at radius 2 is 2.14 bits per heavy atom. The summed E-state index contributed by atoms with van der Waals surface area (Å²) in [6.07, 6.45) is 0.491. The van der Waals surface area contributed by atoms with Gasteiger partial charge in [0.1, 0.15) is 6.61 Å². The van der Waals surface area contributed by atoms with Crippen molar-refractivity contribution in [1.82, 2.24) is 0 Å². The predicted molar refractivity (Wildman–Crippen MR) is 50.6 cm³/mol. The molecular formula is C11H12O3. The molecule has 0 N–H and O–H groups in total. The van der Waals surface area contributed by atoms with Crippen LogP contribution in [0, 0.1) is 0 Å². The minimum Gasteiger partial charge on any atom is -0.461 e. The van der Waals surface area contributed by atoms with Gasteiger partial charge in [0, 0.05) is 0 Å². The molecule has 0 aliphatic carbocycles. The van der Waals surface area contributed by atoms with E-state index in [0.717, 1.165) is 5.56 Å². The number of carbonyl (C=O) groups excluding carboxylic acids is 1. The first-order chi connectivity index (χ1) is 6.84. The maximum atomic E-state index is 11.2. The molecule has 1 aromatic carbocycles. The monoisotopic (exact) mass is 192 g/mol. The van der Waals surface area contributed by atoms with E-state index in [1.807, 2.05) is 30.3 Å². The van der Waals surface area contributed by atoms with Crippen LogP contribution in [0.1, 0.15) is 12.0 Å². The zero-order chi connectivity index (χ0) is 9.80. The molecule has 1 atom stereocenters. The van der Waals surface area contributed by atoms with E-state index in [1.54, 1.807) is 0 Å². The van der Waals surface area contributed by atoms with Gasteiger partial charge in [-0.15, -0.1) is 0 Å². The molecule has 0 aromatic heterocycles. The first kappa shape index (κ1) is 9.21. The summed E-state index contributed by atoms with van der Waals surface area (Å²) in [6.45, 7) is 1.05. The molecule has 1 aliphatic rings. The first-order valence-electron chi connectivity index (χ1n) is 4.66. The maximum absolute atomic E-state index is 11.2. The number of carbonyl (C=O) groups is 1. The average Bonchev–Trinajstić information content (AvgIpc) is 3.00. The Morgan fingerprint density at radius 1 is 1.43 bits per heavy atom. The molecule has 74 valence electrons. The first-order valence-corrected chi connectivity index (χ1v) is 4.66. The largest absolute Gasteiger partial charge is 0.461 e. The number of esters is 1. The van der Waals surface area contributed by atoms with E-state index in [4.69, 9.17) is 9.47 Å². The summed E-state index contributed by atoms with van der Waals surface area (Å²) >= 11 is 0. The summed E-state index contributed by atoms with van der Waals surface area (Å²) in [6, 6.07) is 9.64. The molecule has 1 aromatic rings. The molecule has 0 saturated carbocycles. The quantitative estimate of drug-likeness (QED) is 0.536. The highest BCUT2D eigenvalue weighted by atomic mass is 16.6. The molecule has 0 bridgehead atoms. The Labute approximate surface area is 82.6 Å². The van der Waals surface area contributed by atoms with Crippen LogP contribution in [0.15, 0.2) is 30.3 Å².